The molecule has 1 aromatic heterocycles. The van der Waals surface area contributed by atoms with E-state index in [0.29, 0.717) is 23.0 Å². The molecule has 2 heterocycles. The van der Waals surface area contributed by atoms with E-state index in [9.17, 15) is 14.7 Å². The van der Waals surface area contributed by atoms with Gasteiger partial charge in [0, 0.05) is 13.0 Å². The zero-order chi connectivity index (χ0) is 18.0. The van der Waals surface area contributed by atoms with Crippen LogP contribution in [0.1, 0.15) is 23.4 Å². The summed E-state index contributed by atoms with van der Waals surface area (Å²) in [5.74, 6) is -1.13. The highest BCUT2D eigenvalue weighted by atomic mass is 35.5. The molecule has 25 heavy (non-hydrogen) atoms. The molecule has 1 fully saturated rings. The Morgan fingerprint density at radius 1 is 1.40 bits per heavy atom. The number of morpholine rings is 1. The van der Waals surface area contributed by atoms with E-state index in [1.807, 2.05) is 13.0 Å². The minimum atomic E-state index is -1.12. The van der Waals surface area contributed by atoms with E-state index in [2.05, 4.69) is 10.1 Å². The fourth-order valence-electron chi connectivity index (χ4n) is 2.66. The van der Waals surface area contributed by atoms with Crippen LogP contribution in [0.25, 0.3) is 5.69 Å². The minimum Gasteiger partial charge on any atom is -0.480 e. The van der Waals surface area contributed by atoms with E-state index in [1.54, 1.807) is 18.2 Å². The first-order chi connectivity index (χ1) is 12.0. The first-order valence-corrected chi connectivity index (χ1v) is 8.23. The van der Waals surface area contributed by atoms with Gasteiger partial charge in [0.05, 0.1) is 23.9 Å². The third-order valence-corrected chi connectivity index (χ3v) is 4.26. The Kier molecular flexibility index (Phi) is 5.00. The molecule has 1 aromatic carbocycles. The number of aryl methyl sites for hydroxylation is 1. The molecule has 9 heteroatoms. The monoisotopic (exact) mass is 364 g/mol. The van der Waals surface area contributed by atoms with Crippen molar-refractivity contribution >= 4 is 23.5 Å². The molecule has 1 aliphatic rings. The molecule has 1 saturated heterocycles. The first kappa shape index (κ1) is 17.4. The van der Waals surface area contributed by atoms with E-state index in [1.165, 1.54) is 9.58 Å². The first-order valence-electron chi connectivity index (χ1n) is 7.85. The molecule has 1 aliphatic heterocycles. The fourth-order valence-corrected chi connectivity index (χ4v) is 2.88. The maximum absolute atomic E-state index is 12.7. The van der Waals surface area contributed by atoms with E-state index in [0.717, 1.165) is 0 Å². The Morgan fingerprint density at radius 2 is 2.16 bits per heavy atom. The van der Waals surface area contributed by atoms with Crippen LogP contribution in [0.2, 0.25) is 5.02 Å². The van der Waals surface area contributed by atoms with Crippen LogP contribution in [0.15, 0.2) is 24.3 Å². The second-order valence-electron chi connectivity index (χ2n) is 5.50. The van der Waals surface area contributed by atoms with Crippen LogP contribution in [0.5, 0.6) is 0 Å². The van der Waals surface area contributed by atoms with Crippen molar-refractivity contribution in [3.63, 3.8) is 0 Å². The molecule has 0 saturated carbocycles. The Balaban J connectivity index is 1.97. The molecule has 1 unspecified atom stereocenters. The SMILES string of the molecule is CCc1nc(C(=O)N2CCOCC2C(=O)O)nn1-c1ccccc1Cl. The summed E-state index contributed by atoms with van der Waals surface area (Å²) in [4.78, 5) is 29.6. The van der Waals surface area contributed by atoms with Crippen LogP contribution in [0.4, 0.5) is 0 Å². The number of amides is 1. The number of halogens is 1. The molecule has 1 N–H and O–H groups in total. The van der Waals surface area contributed by atoms with Gasteiger partial charge in [0.15, 0.2) is 6.04 Å². The van der Waals surface area contributed by atoms with Gasteiger partial charge in [0.2, 0.25) is 5.82 Å². The third kappa shape index (κ3) is 3.35. The van der Waals surface area contributed by atoms with Gasteiger partial charge in [0.1, 0.15) is 5.82 Å². The van der Waals surface area contributed by atoms with Gasteiger partial charge in [0.25, 0.3) is 5.91 Å². The molecular formula is C16H17ClN4O4. The number of aromatic nitrogens is 3. The number of carboxylic acids is 1. The summed E-state index contributed by atoms with van der Waals surface area (Å²) < 4.78 is 6.68. The predicted molar refractivity (Wildman–Crippen MR) is 89.0 cm³/mol. The lowest BCUT2D eigenvalue weighted by Crippen LogP contribution is -2.52. The zero-order valence-corrected chi connectivity index (χ0v) is 14.3. The minimum absolute atomic E-state index is 0.0487. The molecule has 3 rings (SSSR count). The average molecular weight is 365 g/mol. The van der Waals surface area contributed by atoms with Crippen LogP contribution < -0.4 is 0 Å². The number of hydrogen-bond donors (Lipinski definition) is 1. The van der Waals surface area contributed by atoms with Crippen molar-refractivity contribution < 1.29 is 19.4 Å². The van der Waals surface area contributed by atoms with Crippen molar-refractivity contribution in [3.05, 3.63) is 40.9 Å². The van der Waals surface area contributed by atoms with Crippen LogP contribution in [0, 0.1) is 0 Å². The number of benzene rings is 1. The summed E-state index contributed by atoms with van der Waals surface area (Å²) in [6, 6.07) is 6.07. The predicted octanol–water partition coefficient (Wildman–Crippen LogP) is 1.41. The number of carboxylic acid groups (broad SMARTS) is 1. The van der Waals surface area contributed by atoms with Gasteiger partial charge < -0.3 is 14.7 Å². The number of nitrogens with zero attached hydrogens (tertiary/aromatic N) is 4. The smallest absolute Gasteiger partial charge is 0.328 e. The highest BCUT2D eigenvalue weighted by molar-refractivity contribution is 6.32. The number of para-hydroxylation sites is 1. The Bertz CT molecular complexity index is 807. The van der Waals surface area contributed by atoms with Crippen molar-refractivity contribution in [1.82, 2.24) is 19.7 Å². The molecule has 8 nitrogen and oxygen atoms in total. The van der Waals surface area contributed by atoms with Gasteiger partial charge in [-0.15, -0.1) is 5.10 Å². The molecule has 0 radical (unpaired) electrons. The van der Waals surface area contributed by atoms with Crippen LogP contribution in [-0.2, 0) is 16.0 Å². The van der Waals surface area contributed by atoms with E-state index >= 15 is 0 Å². The summed E-state index contributed by atoms with van der Waals surface area (Å²) >= 11 is 6.21. The normalized spacial score (nSPS) is 17.5. The quantitative estimate of drug-likeness (QED) is 0.880. The molecule has 1 atom stereocenters. The second kappa shape index (κ2) is 7.20. The highest BCUT2D eigenvalue weighted by Gasteiger charge is 2.35. The Hall–Kier alpha value is -2.45. The lowest BCUT2D eigenvalue weighted by molar-refractivity contribution is -0.147. The number of carbonyl (C=O) groups excluding carboxylic acids is 1. The van der Waals surface area contributed by atoms with Gasteiger partial charge in [-0.25, -0.2) is 14.5 Å². The summed E-state index contributed by atoms with van der Waals surface area (Å²) in [7, 11) is 0. The van der Waals surface area contributed by atoms with Gasteiger partial charge >= 0.3 is 5.97 Å². The third-order valence-electron chi connectivity index (χ3n) is 3.94. The zero-order valence-electron chi connectivity index (χ0n) is 13.6. The summed E-state index contributed by atoms with van der Waals surface area (Å²) in [6.07, 6.45) is 0.539. The summed E-state index contributed by atoms with van der Waals surface area (Å²) in [5, 5.41) is 14.0. The topological polar surface area (TPSA) is 97.6 Å². The van der Waals surface area contributed by atoms with E-state index in [4.69, 9.17) is 16.3 Å². The van der Waals surface area contributed by atoms with Crippen molar-refractivity contribution in [2.75, 3.05) is 19.8 Å². The van der Waals surface area contributed by atoms with Crippen molar-refractivity contribution in [2.45, 2.75) is 19.4 Å². The van der Waals surface area contributed by atoms with Gasteiger partial charge in [-0.1, -0.05) is 30.7 Å². The van der Waals surface area contributed by atoms with Crippen LogP contribution >= 0.6 is 11.6 Å². The molecule has 1 amide bonds. The lowest BCUT2D eigenvalue weighted by Gasteiger charge is -2.31. The van der Waals surface area contributed by atoms with Crippen LogP contribution in [-0.4, -0.2) is 62.4 Å². The number of aliphatic carboxylic acids is 1. The Labute approximate surface area is 149 Å². The molecular weight excluding hydrogens is 348 g/mol. The van der Waals surface area contributed by atoms with Crippen molar-refractivity contribution in [1.29, 1.82) is 0 Å². The lowest BCUT2D eigenvalue weighted by atomic mass is 10.2. The fraction of sp³-hybridized carbons (Fsp3) is 0.375. The number of rotatable bonds is 4. The van der Waals surface area contributed by atoms with E-state index < -0.39 is 17.9 Å². The molecule has 132 valence electrons. The second-order valence-corrected chi connectivity index (χ2v) is 5.90. The number of hydrogen-bond acceptors (Lipinski definition) is 5. The van der Waals surface area contributed by atoms with Crippen molar-refractivity contribution in [3.8, 4) is 5.69 Å². The highest BCUT2D eigenvalue weighted by Crippen LogP contribution is 2.21. The largest absolute Gasteiger partial charge is 0.480 e. The van der Waals surface area contributed by atoms with Gasteiger partial charge in [-0.2, -0.15) is 0 Å². The van der Waals surface area contributed by atoms with E-state index in [-0.39, 0.29) is 25.6 Å². The number of carbonyl (C=O) groups is 2. The standard InChI is InChI=1S/C16H17ClN4O4/c1-2-13-18-14(19-21(13)11-6-4-3-5-10(11)17)15(22)20-7-8-25-9-12(20)16(23)24/h3-6,12H,2,7-9H2,1H3,(H,23,24). The van der Waals surface area contributed by atoms with Crippen LogP contribution in [0.3, 0.4) is 0 Å². The molecule has 2 aromatic rings. The number of ether oxygens (including phenoxy) is 1. The van der Waals surface area contributed by atoms with Crippen molar-refractivity contribution in [2.24, 2.45) is 0 Å². The maximum Gasteiger partial charge on any atom is 0.328 e. The average Bonchev–Trinajstić information content (AvgIpc) is 3.05. The molecule has 0 spiro atoms. The maximum atomic E-state index is 12.7. The van der Waals surface area contributed by atoms with Gasteiger partial charge in [-0.3, -0.25) is 4.79 Å². The molecule has 0 aliphatic carbocycles. The van der Waals surface area contributed by atoms with Gasteiger partial charge in [-0.05, 0) is 12.1 Å². The Morgan fingerprint density at radius 3 is 2.84 bits per heavy atom. The summed E-state index contributed by atoms with van der Waals surface area (Å²) in [6.45, 7) is 2.30. The molecule has 0 bridgehead atoms. The summed E-state index contributed by atoms with van der Waals surface area (Å²) in [5.41, 5.74) is 0.615.